The molecule has 0 radical (unpaired) electrons. The Hall–Kier alpha value is -2.53. The first-order chi connectivity index (χ1) is 12.8. The van der Waals surface area contributed by atoms with Gasteiger partial charge in [-0.2, -0.15) is 0 Å². The zero-order valence-corrected chi connectivity index (χ0v) is 17.2. The van der Waals surface area contributed by atoms with Gasteiger partial charge in [0.1, 0.15) is 0 Å². The maximum atomic E-state index is 13.3. The molecule has 0 fully saturated rings. The standard InChI is InChI=1S/C22H24N2O2S/c1-6-27-20-19(18-11-10-14(2)12-15(18)3)21(25)24(22(20)26)17-9-7-8-16(13-17)23(4)5/h7-13H,6H2,1-5H3. The number of benzene rings is 2. The number of hydrogen-bond acceptors (Lipinski definition) is 4. The molecule has 1 aliphatic heterocycles. The van der Waals surface area contributed by atoms with Crippen LogP contribution in [0.4, 0.5) is 11.4 Å². The summed E-state index contributed by atoms with van der Waals surface area (Å²) in [5.41, 5.74) is 5.03. The van der Waals surface area contributed by atoms with Crippen molar-refractivity contribution in [3.8, 4) is 0 Å². The second-order valence-corrected chi connectivity index (χ2v) is 8.09. The van der Waals surface area contributed by atoms with Crippen LogP contribution in [0.1, 0.15) is 23.6 Å². The lowest BCUT2D eigenvalue weighted by molar-refractivity contribution is -0.119. The monoisotopic (exact) mass is 380 g/mol. The smallest absolute Gasteiger partial charge is 0.272 e. The lowest BCUT2D eigenvalue weighted by Crippen LogP contribution is -2.31. The van der Waals surface area contributed by atoms with E-state index in [4.69, 9.17) is 0 Å². The van der Waals surface area contributed by atoms with Gasteiger partial charge in [-0.1, -0.05) is 36.8 Å². The van der Waals surface area contributed by atoms with Crippen molar-refractivity contribution in [2.45, 2.75) is 20.8 Å². The van der Waals surface area contributed by atoms with Crippen molar-refractivity contribution < 1.29 is 9.59 Å². The summed E-state index contributed by atoms with van der Waals surface area (Å²) in [5, 5.41) is 0. The van der Waals surface area contributed by atoms with E-state index < -0.39 is 0 Å². The average Bonchev–Trinajstić information content (AvgIpc) is 2.86. The average molecular weight is 381 g/mol. The van der Waals surface area contributed by atoms with E-state index in [1.54, 1.807) is 0 Å². The van der Waals surface area contributed by atoms with Crippen LogP contribution in [0.25, 0.3) is 5.57 Å². The van der Waals surface area contributed by atoms with Crippen LogP contribution in [0, 0.1) is 13.8 Å². The number of nitrogens with zero attached hydrogens (tertiary/aromatic N) is 2. The van der Waals surface area contributed by atoms with Gasteiger partial charge in [-0.05, 0) is 48.9 Å². The second kappa shape index (κ2) is 7.61. The molecule has 0 aliphatic carbocycles. The van der Waals surface area contributed by atoms with Gasteiger partial charge in [0.15, 0.2) is 0 Å². The van der Waals surface area contributed by atoms with E-state index in [0.29, 0.717) is 16.2 Å². The third kappa shape index (κ3) is 3.52. The number of amides is 2. The van der Waals surface area contributed by atoms with Gasteiger partial charge in [-0.15, -0.1) is 11.8 Å². The van der Waals surface area contributed by atoms with E-state index in [1.807, 2.05) is 82.2 Å². The molecule has 5 heteroatoms. The van der Waals surface area contributed by atoms with Crippen molar-refractivity contribution in [2.75, 3.05) is 29.6 Å². The second-order valence-electron chi connectivity index (χ2n) is 6.82. The summed E-state index contributed by atoms with van der Waals surface area (Å²) >= 11 is 1.43. The molecule has 1 aliphatic rings. The van der Waals surface area contributed by atoms with E-state index in [1.165, 1.54) is 16.7 Å². The van der Waals surface area contributed by atoms with E-state index >= 15 is 0 Å². The van der Waals surface area contributed by atoms with Crippen LogP contribution >= 0.6 is 11.8 Å². The number of carbonyl (C=O) groups excluding carboxylic acids is 2. The summed E-state index contributed by atoms with van der Waals surface area (Å²) in [6.07, 6.45) is 0. The van der Waals surface area contributed by atoms with Gasteiger partial charge in [0.25, 0.3) is 11.8 Å². The first-order valence-corrected chi connectivity index (χ1v) is 9.94. The Bertz CT molecular complexity index is 947. The maximum absolute atomic E-state index is 13.3. The van der Waals surface area contributed by atoms with E-state index in [2.05, 4.69) is 0 Å². The fourth-order valence-corrected chi connectivity index (χ4v) is 4.11. The largest absolute Gasteiger partial charge is 0.378 e. The molecule has 140 valence electrons. The SMILES string of the molecule is CCSC1=C(c2ccc(C)cc2C)C(=O)N(c2cccc(N(C)C)c2)C1=O. The quantitative estimate of drug-likeness (QED) is 0.721. The van der Waals surface area contributed by atoms with Crippen molar-refractivity contribution in [3.63, 3.8) is 0 Å². The minimum Gasteiger partial charge on any atom is -0.378 e. The predicted octanol–water partition coefficient (Wildman–Crippen LogP) is 4.41. The summed E-state index contributed by atoms with van der Waals surface area (Å²) in [5.74, 6) is 0.241. The molecule has 0 atom stereocenters. The van der Waals surface area contributed by atoms with Crippen molar-refractivity contribution in [2.24, 2.45) is 0 Å². The highest BCUT2D eigenvalue weighted by Gasteiger charge is 2.40. The third-order valence-electron chi connectivity index (χ3n) is 4.59. The van der Waals surface area contributed by atoms with E-state index in [9.17, 15) is 9.59 Å². The molecule has 2 aromatic rings. The summed E-state index contributed by atoms with van der Waals surface area (Å²) < 4.78 is 0. The molecule has 27 heavy (non-hydrogen) atoms. The highest BCUT2D eigenvalue weighted by atomic mass is 32.2. The highest BCUT2D eigenvalue weighted by molar-refractivity contribution is 8.04. The van der Waals surface area contributed by atoms with E-state index in [-0.39, 0.29) is 11.8 Å². The van der Waals surface area contributed by atoms with Gasteiger partial charge in [-0.25, -0.2) is 4.90 Å². The number of anilines is 2. The van der Waals surface area contributed by atoms with Crippen LogP contribution in [0.15, 0.2) is 47.4 Å². The van der Waals surface area contributed by atoms with Crippen LogP contribution in [-0.4, -0.2) is 31.7 Å². The molecule has 0 aromatic heterocycles. The van der Waals surface area contributed by atoms with Gasteiger partial charge >= 0.3 is 0 Å². The maximum Gasteiger partial charge on any atom is 0.272 e. The summed E-state index contributed by atoms with van der Waals surface area (Å²) in [6, 6.07) is 13.5. The van der Waals surface area contributed by atoms with Gasteiger partial charge in [0, 0.05) is 19.8 Å². The molecular weight excluding hydrogens is 356 g/mol. The number of hydrogen-bond donors (Lipinski definition) is 0. The predicted molar refractivity (Wildman–Crippen MR) is 114 cm³/mol. The Morgan fingerprint density at radius 2 is 1.74 bits per heavy atom. The van der Waals surface area contributed by atoms with Gasteiger partial charge in [0.2, 0.25) is 0 Å². The van der Waals surface area contributed by atoms with E-state index in [0.717, 1.165) is 28.1 Å². The van der Waals surface area contributed by atoms with Gasteiger partial charge < -0.3 is 4.90 Å². The Labute approximate surface area is 164 Å². The zero-order valence-electron chi connectivity index (χ0n) is 16.4. The number of thioether (sulfide) groups is 1. The molecule has 0 bridgehead atoms. The molecule has 0 unspecified atom stereocenters. The topological polar surface area (TPSA) is 40.6 Å². The number of carbonyl (C=O) groups is 2. The summed E-state index contributed by atoms with van der Waals surface area (Å²) in [7, 11) is 3.87. The Morgan fingerprint density at radius 1 is 1.00 bits per heavy atom. The van der Waals surface area contributed by atoms with Crippen LogP contribution in [-0.2, 0) is 9.59 Å². The van der Waals surface area contributed by atoms with Crippen LogP contribution in [0.3, 0.4) is 0 Å². The first kappa shape index (κ1) is 19.2. The van der Waals surface area contributed by atoms with Gasteiger partial charge in [-0.3, -0.25) is 9.59 Å². The molecule has 1 heterocycles. The molecule has 0 saturated carbocycles. The lowest BCUT2D eigenvalue weighted by Gasteiger charge is -2.19. The minimum atomic E-state index is -0.251. The number of imide groups is 1. The van der Waals surface area contributed by atoms with Crippen molar-refractivity contribution in [1.29, 1.82) is 0 Å². The lowest BCUT2D eigenvalue weighted by atomic mass is 9.99. The molecule has 4 nitrogen and oxygen atoms in total. The Kier molecular flexibility index (Phi) is 5.42. The zero-order chi connectivity index (χ0) is 19.7. The van der Waals surface area contributed by atoms with Crippen molar-refractivity contribution in [3.05, 3.63) is 64.1 Å². The van der Waals surface area contributed by atoms with Gasteiger partial charge in [0.05, 0.1) is 16.2 Å². The molecule has 0 saturated heterocycles. The highest BCUT2D eigenvalue weighted by Crippen LogP contribution is 2.39. The van der Waals surface area contributed by atoms with Crippen molar-refractivity contribution >= 4 is 40.5 Å². The normalized spacial score (nSPS) is 14.3. The fourth-order valence-electron chi connectivity index (χ4n) is 3.26. The number of aryl methyl sites for hydroxylation is 2. The summed E-state index contributed by atoms with van der Waals surface area (Å²) in [6.45, 7) is 5.99. The Balaban J connectivity index is 2.11. The van der Waals surface area contributed by atoms with Crippen LogP contribution in [0.2, 0.25) is 0 Å². The molecule has 2 amide bonds. The third-order valence-corrected chi connectivity index (χ3v) is 5.54. The minimum absolute atomic E-state index is 0.238. The molecule has 0 spiro atoms. The molecule has 2 aromatic carbocycles. The first-order valence-electron chi connectivity index (χ1n) is 8.96. The Morgan fingerprint density at radius 3 is 2.37 bits per heavy atom. The molecule has 3 rings (SSSR count). The van der Waals surface area contributed by atoms with Crippen LogP contribution in [0.5, 0.6) is 0 Å². The number of rotatable bonds is 5. The summed E-state index contributed by atoms with van der Waals surface area (Å²) in [4.78, 5) is 30.3. The fraction of sp³-hybridized carbons (Fsp3) is 0.273. The molecular formula is C22H24N2O2S. The van der Waals surface area contributed by atoms with Crippen molar-refractivity contribution in [1.82, 2.24) is 0 Å². The molecule has 0 N–H and O–H groups in total. The van der Waals surface area contributed by atoms with Crippen LogP contribution < -0.4 is 9.80 Å².